The molecule has 0 spiro atoms. The molecule has 0 radical (unpaired) electrons. The number of rotatable bonds is 6. The van der Waals surface area contributed by atoms with E-state index in [1.54, 1.807) is 0 Å². The molecule has 8 nitrogen and oxygen atoms in total. The van der Waals surface area contributed by atoms with Crippen molar-refractivity contribution in [3.63, 3.8) is 0 Å². The summed E-state index contributed by atoms with van der Waals surface area (Å²) in [6.07, 6.45) is -0.145. The summed E-state index contributed by atoms with van der Waals surface area (Å²) in [7, 11) is 0. The molecule has 1 saturated heterocycles. The van der Waals surface area contributed by atoms with Gasteiger partial charge in [0, 0.05) is 30.5 Å². The Balaban J connectivity index is 1.29. The molecule has 2 fully saturated rings. The van der Waals surface area contributed by atoms with Crippen molar-refractivity contribution in [3.05, 3.63) is 101 Å². The summed E-state index contributed by atoms with van der Waals surface area (Å²) in [5.41, 5.74) is 2.62. The Bertz CT molecular complexity index is 1560. The Labute approximate surface area is 246 Å². The van der Waals surface area contributed by atoms with Gasteiger partial charge in [-0.1, -0.05) is 60.7 Å². The number of anilines is 2. The monoisotopic (exact) mass is 588 g/mol. The van der Waals surface area contributed by atoms with Gasteiger partial charge >= 0.3 is 6.18 Å². The van der Waals surface area contributed by atoms with Crippen LogP contribution in [-0.4, -0.2) is 56.1 Å². The fourth-order valence-corrected chi connectivity index (χ4v) is 6.43. The Morgan fingerprint density at radius 3 is 1.98 bits per heavy atom. The molecule has 2 atom stereocenters. The van der Waals surface area contributed by atoms with Crippen LogP contribution in [0.4, 0.5) is 24.7 Å². The molecule has 2 aromatic carbocycles. The SMILES string of the molecule is O=C1Nc2c(c(C3CCN(c4cnc(C5CC5)nc4)CC3)nn2C(c2ccccc2)c2ccccc2)C(C(F)(F)F)C1O. The first-order chi connectivity index (χ1) is 20.8. The normalized spacial score (nSPS) is 21.1. The van der Waals surface area contributed by atoms with E-state index < -0.39 is 30.1 Å². The minimum atomic E-state index is -4.86. The van der Waals surface area contributed by atoms with Crippen LogP contribution in [0.15, 0.2) is 73.1 Å². The lowest BCUT2D eigenvalue weighted by molar-refractivity contribution is -0.177. The summed E-state index contributed by atoms with van der Waals surface area (Å²) in [5.74, 6) is -2.48. The van der Waals surface area contributed by atoms with Gasteiger partial charge < -0.3 is 15.3 Å². The highest BCUT2D eigenvalue weighted by atomic mass is 19.4. The second-order valence-corrected chi connectivity index (χ2v) is 11.6. The molecule has 43 heavy (non-hydrogen) atoms. The summed E-state index contributed by atoms with van der Waals surface area (Å²) in [4.78, 5) is 24.0. The van der Waals surface area contributed by atoms with E-state index in [0.29, 0.717) is 31.8 Å². The van der Waals surface area contributed by atoms with Crippen molar-refractivity contribution < 1.29 is 23.1 Å². The van der Waals surface area contributed by atoms with Gasteiger partial charge in [0.05, 0.1) is 23.8 Å². The molecule has 1 saturated carbocycles. The van der Waals surface area contributed by atoms with E-state index >= 15 is 0 Å². The van der Waals surface area contributed by atoms with Gasteiger partial charge in [0.2, 0.25) is 0 Å². The lowest BCUT2D eigenvalue weighted by atomic mass is 9.82. The third-order valence-corrected chi connectivity index (χ3v) is 8.79. The van der Waals surface area contributed by atoms with Crippen LogP contribution in [0.1, 0.15) is 77.7 Å². The molecule has 4 heterocycles. The number of aliphatic hydroxyl groups is 1. The summed E-state index contributed by atoms with van der Waals surface area (Å²) in [6.45, 7) is 1.18. The van der Waals surface area contributed by atoms with E-state index in [1.807, 2.05) is 73.1 Å². The van der Waals surface area contributed by atoms with E-state index in [4.69, 9.17) is 5.10 Å². The van der Waals surface area contributed by atoms with Crippen molar-refractivity contribution in [1.29, 1.82) is 0 Å². The van der Waals surface area contributed by atoms with Gasteiger partial charge in [-0.2, -0.15) is 18.3 Å². The van der Waals surface area contributed by atoms with Crippen molar-refractivity contribution in [1.82, 2.24) is 19.7 Å². The van der Waals surface area contributed by atoms with Crippen molar-refractivity contribution in [2.45, 2.75) is 61.8 Å². The van der Waals surface area contributed by atoms with Crippen LogP contribution in [0.5, 0.6) is 0 Å². The maximum Gasteiger partial charge on any atom is 0.398 e. The van der Waals surface area contributed by atoms with E-state index in [1.165, 1.54) is 4.68 Å². The van der Waals surface area contributed by atoms with E-state index in [-0.39, 0.29) is 23.0 Å². The molecule has 2 N–H and O–H groups in total. The van der Waals surface area contributed by atoms with Crippen LogP contribution in [0.2, 0.25) is 0 Å². The van der Waals surface area contributed by atoms with Crippen LogP contribution in [-0.2, 0) is 4.79 Å². The minimum Gasteiger partial charge on any atom is -0.382 e. The van der Waals surface area contributed by atoms with Crippen LogP contribution in [0.25, 0.3) is 0 Å². The van der Waals surface area contributed by atoms with Gasteiger partial charge in [-0.05, 0) is 36.8 Å². The van der Waals surface area contributed by atoms with E-state index in [2.05, 4.69) is 20.2 Å². The summed E-state index contributed by atoms with van der Waals surface area (Å²) in [5, 5.41) is 18.1. The average Bonchev–Trinajstić information content (AvgIpc) is 3.81. The predicted molar refractivity (Wildman–Crippen MR) is 154 cm³/mol. The Hall–Kier alpha value is -4.25. The van der Waals surface area contributed by atoms with Crippen LogP contribution in [0, 0.1) is 0 Å². The molecule has 3 aliphatic rings. The number of halogens is 3. The molecular weight excluding hydrogens is 557 g/mol. The third-order valence-electron chi connectivity index (χ3n) is 8.79. The number of aliphatic hydroxyl groups excluding tert-OH is 1. The lowest BCUT2D eigenvalue weighted by Gasteiger charge is -2.35. The van der Waals surface area contributed by atoms with Crippen molar-refractivity contribution in [2.75, 3.05) is 23.3 Å². The molecule has 2 aromatic heterocycles. The Kier molecular flexibility index (Phi) is 6.92. The van der Waals surface area contributed by atoms with Crippen molar-refractivity contribution >= 4 is 17.4 Å². The average molecular weight is 589 g/mol. The fraction of sp³-hybridized carbons (Fsp3) is 0.375. The highest BCUT2D eigenvalue weighted by molar-refractivity contribution is 5.97. The number of nitrogens with one attached hydrogen (secondary N) is 1. The summed E-state index contributed by atoms with van der Waals surface area (Å²) >= 11 is 0. The molecule has 2 aliphatic heterocycles. The standard InChI is InChI=1S/C32H31F3N6O2/c33-32(34,35)25-24-26(19-13-15-40(16-14-19)23-17-36-29(37-18-23)22-11-12-22)39-41(30(24)38-31(43)28(25)42)27(20-7-3-1-4-8-20)21-9-5-2-6-10-21/h1-10,17-19,22,25,27-28,42H,11-16H2,(H,38,43). The van der Waals surface area contributed by atoms with Crippen LogP contribution in [0.3, 0.4) is 0 Å². The Morgan fingerprint density at radius 2 is 1.44 bits per heavy atom. The van der Waals surface area contributed by atoms with E-state index in [0.717, 1.165) is 35.5 Å². The number of piperidine rings is 1. The van der Waals surface area contributed by atoms with Crippen LogP contribution >= 0.6 is 0 Å². The van der Waals surface area contributed by atoms with E-state index in [9.17, 15) is 23.1 Å². The summed E-state index contributed by atoms with van der Waals surface area (Å²) < 4.78 is 45.4. The number of benzene rings is 2. The molecule has 222 valence electrons. The fourth-order valence-electron chi connectivity index (χ4n) is 6.43. The number of amides is 1. The van der Waals surface area contributed by atoms with Crippen molar-refractivity contribution in [2.24, 2.45) is 0 Å². The zero-order valence-corrected chi connectivity index (χ0v) is 23.3. The third kappa shape index (κ3) is 5.15. The highest BCUT2D eigenvalue weighted by Gasteiger charge is 2.55. The summed E-state index contributed by atoms with van der Waals surface area (Å²) in [6, 6.07) is 18.1. The number of nitrogens with zero attached hydrogens (tertiary/aromatic N) is 5. The minimum absolute atomic E-state index is 0.0168. The molecule has 1 amide bonds. The number of carbonyl (C=O) groups excluding carboxylic acids is 1. The Morgan fingerprint density at radius 1 is 0.860 bits per heavy atom. The number of carbonyl (C=O) groups is 1. The van der Waals surface area contributed by atoms with Gasteiger partial charge in [0.25, 0.3) is 5.91 Å². The maximum atomic E-state index is 14.6. The first-order valence-electron chi connectivity index (χ1n) is 14.6. The molecular formula is C32H31F3N6O2. The maximum absolute atomic E-state index is 14.6. The van der Waals surface area contributed by atoms with Gasteiger partial charge in [0.15, 0.2) is 0 Å². The number of alkyl halides is 3. The second-order valence-electron chi connectivity index (χ2n) is 11.6. The van der Waals surface area contributed by atoms with Gasteiger partial charge in [-0.25, -0.2) is 14.6 Å². The molecule has 1 aliphatic carbocycles. The number of hydrogen-bond acceptors (Lipinski definition) is 6. The number of fused-ring (bicyclic) bond motifs is 1. The highest BCUT2D eigenvalue weighted by Crippen LogP contribution is 2.49. The zero-order chi connectivity index (χ0) is 29.7. The number of aromatic nitrogens is 4. The van der Waals surface area contributed by atoms with Gasteiger partial charge in [-0.3, -0.25) is 4.79 Å². The van der Waals surface area contributed by atoms with Crippen LogP contribution < -0.4 is 10.2 Å². The quantitative estimate of drug-likeness (QED) is 0.308. The van der Waals surface area contributed by atoms with Gasteiger partial charge in [-0.15, -0.1) is 0 Å². The zero-order valence-electron chi connectivity index (χ0n) is 23.3. The second kappa shape index (κ2) is 10.8. The smallest absolute Gasteiger partial charge is 0.382 e. The molecule has 4 aromatic rings. The molecule has 11 heteroatoms. The topological polar surface area (TPSA) is 96.2 Å². The lowest BCUT2D eigenvalue weighted by Crippen LogP contribution is -2.45. The number of hydrogen-bond donors (Lipinski definition) is 2. The van der Waals surface area contributed by atoms with Gasteiger partial charge in [0.1, 0.15) is 29.7 Å². The first kappa shape index (κ1) is 27.6. The molecule has 2 unspecified atom stereocenters. The van der Waals surface area contributed by atoms with Crippen molar-refractivity contribution in [3.8, 4) is 0 Å². The molecule has 0 bridgehead atoms. The largest absolute Gasteiger partial charge is 0.398 e. The molecule has 7 rings (SSSR count). The predicted octanol–water partition coefficient (Wildman–Crippen LogP) is 5.53. The first-order valence-corrected chi connectivity index (χ1v) is 14.6.